The molecule has 0 amide bonds. The van der Waals surface area contributed by atoms with Crippen molar-refractivity contribution in [1.82, 2.24) is 14.9 Å². The second-order valence-corrected chi connectivity index (χ2v) is 7.32. The monoisotopic (exact) mass is 360 g/mol. The number of hydrogen-bond donors (Lipinski definition) is 0. The van der Waals surface area contributed by atoms with Crippen molar-refractivity contribution in [1.29, 1.82) is 0 Å². The number of aromatic nitrogens is 2. The smallest absolute Gasteiger partial charge is 0.186 e. The molecule has 2 aromatic heterocycles. The van der Waals surface area contributed by atoms with Crippen molar-refractivity contribution in [2.24, 2.45) is 0 Å². The number of para-hydroxylation sites is 1. The van der Waals surface area contributed by atoms with Crippen molar-refractivity contribution in [2.45, 2.75) is 19.5 Å². The molecular formula is C18H18F2N4S. The highest BCUT2D eigenvalue weighted by Gasteiger charge is 2.26. The third-order valence-corrected chi connectivity index (χ3v) is 5.71. The largest absolute Gasteiger partial charge is 0.345 e. The van der Waals surface area contributed by atoms with Gasteiger partial charge in [0.1, 0.15) is 17.2 Å². The fraction of sp³-hybridized carbons (Fsp3) is 0.333. The van der Waals surface area contributed by atoms with Crippen LogP contribution in [0.25, 0.3) is 10.2 Å². The molecule has 1 atom stereocenters. The zero-order valence-corrected chi connectivity index (χ0v) is 14.6. The third-order valence-electron chi connectivity index (χ3n) is 4.62. The van der Waals surface area contributed by atoms with Gasteiger partial charge >= 0.3 is 0 Å². The summed E-state index contributed by atoms with van der Waals surface area (Å²) >= 11 is 1.52. The molecule has 130 valence electrons. The van der Waals surface area contributed by atoms with Gasteiger partial charge in [-0.15, -0.1) is 0 Å². The SMILES string of the molecule is CC1CN(c2nc3c(F)cccc3s2)CCN1Cc1ccncc1F. The van der Waals surface area contributed by atoms with Crippen molar-refractivity contribution in [3.8, 4) is 0 Å². The summed E-state index contributed by atoms with van der Waals surface area (Å²) < 4.78 is 28.6. The van der Waals surface area contributed by atoms with Gasteiger partial charge in [0.15, 0.2) is 5.13 Å². The topological polar surface area (TPSA) is 32.3 Å². The molecule has 1 saturated heterocycles. The zero-order chi connectivity index (χ0) is 17.4. The Morgan fingerprint density at radius 3 is 2.84 bits per heavy atom. The highest BCUT2D eigenvalue weighted by atomic mass is 32.1. The standard InChI is InChI=1S/C18H18F2N4S/c1-12-10-24(18-22-17-14(19)3-2-4-16(17)25-18)8-7-23(12)11-13-5-6-21-9-15(13)20/h2-6,9,12H,7-8,10-11H2,1H3. The van der Waals surface area contributed by atoms with Crippen LogP contribution in [0.3, 0.4) is 0 Å². The van der Waals surface area contributed by atoms with Crippen LogP contribution >= 0.6 is 11.3 Å². The van der Waals surface area contributed by atoms with Crippen LogP contribution in [0.2, 0.25) is 0 Å². The van der Waals surface area contributed by atoms with Crippen LogP contribution in [0.15, 0.2) is 36.7 Å². The van der Waals surface area contributed by atoms with Gasteiger partial charge in [0.25, 0.3) is 0 Å². The molecule has 0 aliphatic carbocycles. The van der Waals surface area contributed by atoms with Crippen LogP contribution in [-0.4, -0.2) is 40.5 Å². The van der Waals surface area contributed by atoms with Crippen LogP contribution < -0.4 is 4.90 Å². The van der Waals surface area contributed by atoms with Crippen LogP contribution in [0.1, 0.15) is 12.5 Å². The fourth-order valence-electron chi connectivity index (χ4n) is 3.19. The van der Waals surface area contributed by atoms with Gasteiger partial charge in [0.05, 0.1) is 10.9 Å². The van der Waals surface area contributed by atoms with E-state index in [1.54, 1.807) is 18.3 Å². The number of halogens is 2. The number of pyridine rings is 1. The van der Waals surface area contributed by atoms with E-state index in [0.717, 1.165) is 29.5 Å². The Balaban J connectivity index is 1.49. The number of nitrogens with zero attached hydrogens (tertiary/aromatic N) is 4. The summed E-state index contributed by atoms with van der Waals surface area (Å²) in [5.41, 5.74) is 1.11. The van der Waals surface area contributed by atoms with Crippen molar-refractivity contribution in [3.63, 3.8) is 0 Å². The lowest BCUT2D eigenvalue weighted by molar-refractivity contribution is 0.179. The van der Waals surface area contributed by atoms with Gasteiger partial charge in [-0.25, -0.2) is 13.8 Å². The van der Waals surface area contributed by atoms with Crippen LogP contribution in [0.4, 0.5) is 13.9 Å². The first-order chi connectivity index (χ1) is 12.1. The molecule has 0 N–H and O–H groups in total. The number of thiazole rings is 1. The van der Waals surface area contributed by atoms with Crippen LogP contribution in [-0.2, 0) is 6.54 Å². The number of fused-ring (bicyclic) bond motifs is 1. The molecule has 1 unspecified atom stereocenters. The molecule has 3 heterocycles. The predicted molar refractivity (Wildman–Crippen MR) is 95.9 cm³/mol. The lowest BCUT2D eigenvalue weighted by Gasteiger charge is -2.39. The average Bonchev–Trinajstić information content (AvgIpc) is 3.04. The van der Waals surface area contributed by atoms with Crippen molar-refractivity contribution in [2.75, 3.05) is 24.5 Å². The number of anilines is 1. The lowest BCUT2D eigenvalue weighted by Crippen LogP contribution is -2.51. The maximum Gasteiger partial charge on any atom is 0.186 e. The Hall–Kier alpha value is -2.12. The Morgan fingerprint density at radius 2 is 2.08 bits per heavy atom. The van der Waals surface area contributed by atoms with Crippen LogP contribution in [0.5, 0.6) is 0 Å². The molecule has 4 nitrogen and oxygen atoms in total. The fourth-order valence-corrected chi connectivity index (χ4v) is 4.21. The van der Waals surface area contributed by atoms with E-state index in [1.165, 1.54) is 23.6 Å². The summed E-state index contributed by atoms with van der Waals surface area (Å²) in [6.07, 6.45) is 2.88. The summed E-state index contributed by atoms with van der Waals surface area (Å²) in [6, 6.07) is 7.02. The van der Waals surface area contributed by atoms with E-state index in [4.69, 9.17) is 0 Å². The molecule has 25 heavy (non-hydrogen) atoms. The average molecular weight is 360 g/mol. The minimum atomic E-state index is -0.278. The molecule has 0 radical (unpaired) electrons. The molecule has 0 saturated carbocycles. The molecule has 1 fully saturated rings. The first kappa shape index (κ1) is 16.4. The van der Waals surface area contributed by atoms with E-state index in [1.807, 2.05) is 6.07 Å². The summed E-state index contributed by atoms with van der Waals surface area (Å²) in [6.45, 7) is 5.07. The quantitative estimate of drug-likeness (QED) is 0.713. The maximum absolute atomic E-state index is 13.9. The van der Waals surface area contributed by atoms with Gasteiger partial charge in [0.2, 0.25) is 0 Å². The molecular weight excluding hydrogens is 342 g/mol. The summed E-state index contributed by atoms with van der Waals surface area (Å²) in [7, 11) is 0. The Labute approximate surface area is 148 Å². The molecule has 0 bridgehead atoms. The number of benzene rings is 1. The summed E-state index contributed by atoms with van der Waals surface area (Å²) in [4.78, 5) is 12.7. The molecule has 1 aliphatic rings. The highest BCUT2D eigenvalue weighted by Crippen LogP contribution is 2.31. The first-order valence-corrected chi connectivity index (χ1v) is 9.06. The van der Waals surface area contributed by atoms with Crippen molar-refractivity contribution >= 4 is 26.7 Å². The van der Waals surface area contributed by atoms with E-state index in [2.05, 4.69) is 26.7 Å². The third kappa shape index (κ3) is 3.21. The lowest BCUT2D eigenvalue weighted by atomic mass is 10.1. The normalized spacial score (nSPS) is 18.8. The number of hydrogen-bond acceptors (Lipinski definition) is 5. The van der Waals surface area contributed by atoms with Crippen molar-refractivity contribution < 1.29 is 8.78 Å². The summed E-state index contributed by atoms with van der Waals surface area (Å²) in [5, 5.41) is 0.849. The minimum absolute atomic E-state index is 0.248. The molecule has 1 aromatic carbocycles. The molecule has 3 aromatic rings. The Bertz CT molecular complexity index is 898. The van der Waals surface area contributed by atoms with E-state index in [9.17, 15) is 8.78 Å². The van der Waals surface area contributed by atoms with Gasteiger partial charge in [0, 0.05) is 44.0 Å². The predicted octanol–water partition coefficient (Wildman–Crippen LogP) is 3.68. The van der Waals surface area contributed by atoms with E-state index in [-0.39, 0.29) is 17.7 Å². The van der Waals surface area contributed by atoms with Gasteiger partial charge in [-0.2, -0.15) is 0 Å². The second kappa shape index (κ2) is 6.65. The van der Waals surface area contributed by atoms with Crippen molar-refractivity contribution in [3.05, 3.63) is 53.9 Å². The van der Waals surface area contributed by atoms with E-state index >= 15 is 0 Å². The molecule has 7 heteroatoms. The number of piperazine rings is 1. The highest BCUT2D eigenvalue weighted by molar-refractivity contribution is 7.22. The minimum Gasteiger partial charge on any atom is -0.345 e. The van der Waals surface area contributed by atoms with Gasteiger partial charge < -0.3 is 4.90 Å². The van der Waals surface area contributed by atoms with E-state index < -0.39 is 0 Å². The maximum atomic E-state index is 13.9. The van der Waals surface area contributed by atoms with E-state index in [0.29, 0.717) is 17.6 Å². The zero-order valence-electron chi connectivity index (χ0n) is 13.8. The van der Waals surface area contributed by atoms with Crippen LogP contribution in [0, 0.1) is 11.6 Å². The Morgan fingerprint density at radius 1 is 1.20 bits per heavy atom. The van der Waals surface area contributed by atoms with Gasteiger partial charge in [-0.3, -0.25) is 9.88 Å². The first-order valence-electron chi connectivity index (χ1n) is 8.24. The van der Waals surface area contributed by atoms with Gasteiger partial charge in [-0.1, -0.05) is 17.4 Å². The summed E-state index contributed by atoms with van der Waals surface area (Å²) in [5.74, 6) is -0.543. The number of rotatable bonds is 3. The molecule has 1 aliphatic heterocycles. The second-order valence-electron chi connectivity index (χ2n) is 6.32. The molecule has 4 rings (SSSR count). The molecule has 0 spiro atoms. The van der Waals surface area contributed by atoms with Gasteiger partial charge in [-0.05, 0) is 25.1 Å². The Kier molecular flexibility index (Phi) is 4.35.